The zero-order chi connectivity index (χ0) is 7.03. The van der Waals surface area contributed by atoms with E-state index in [9.17, 15) is 0 Å². The van der Waals surface area contributed by atoms with Gasteiger partial charge in [0.1, 0.15) is 0 Å². The van der Waals surface area contributed by atoms with Crippen LogP contribution in [-0.4, -0.2) is 21.6 Å². The summed E-state index contributed by atoms with van der Waals surface area (Å²) in [6.07, 6.45) is 1.31. The molecule has 1 aliphatic rings. The molecule has 0 saturated carbocycles. The number of thioether (sulfide) groups is 1. The van der Waals surface area contributed by atoms with Crippen molar-refractivity contribution < 1.29 is 4.52 Å². The molecule has 1 aromatic rings. The Kier molecular flexibility index (Phi) is 1.21. The Hall–Kier alpha value is -0.550. The van der Waals surface area contributed by atoms with Crippen LogP contribution in [0.15, 0.2) is 10.9 Å². The van der Waals surface area contributed by atoms with E-state index in [1.54, 1.807) is 11.8 Å². The molecule has 54 valence electrons. The van der Waals surface area contributed by atoms with Crippen LogP contribution < -0.4 is 5.73 Å². The molecule has 0 atom stereocenters. The Morgan fingerprint density at radius 3 is 2.90 bits per heavy atom. The molecule has 0 aromatic carbocycles. The molecule has 0 bridgehead atoms. The lowest BCUT2D eigenvalue weighted by Gasteiger charge is -2.33. The van der Waals surface area contributed by atoms with Gasteiger partial charge in [-0.2, -0.15) is 16.7 Å². The SMILES string of the molecule is NC1(c2ncon2)CSC1. The van der Waals surface area contributed by atoms with Crippen molar-refractivity contribution in [2.24, 2.45) is 5.73 Å². The molecule has 1 saturated heterocycles. The molecule has 5 heteroatoms. The molecule has 0 spiro atoms. The first-order chi connectivity index (χ1) is 4.81. The summed E-state index contributed by atoms with van der Waals surface area (Å²) in [5, 5.41) is 3.69. The van der Waals surface area contributed by atoms with E-state index in [0.717, 1.165) is 11.5 Å². The second kappa shape index (κ2) is 1.96. The van der Waals surface area contributed by atoms with Gasteiger partial charge in [0, 0.05) is 11.5 Å². The molecular weight excluding hydrogens is 150 g/mol. The van der Waals surface area contributed by atoms with E-state index in [2.05, 4.69) is 14.7 Å². The minimum atomic E-state index is -0.308. The maximum atomic E-state index is 5.86. The van der Waals surface area contributed by atoms with Gasteiger partial charge in [0.05, 0.1) is 5.54 Å². The second-order valence-electron chi connectivity index (χ2n) is 2.40. The number of nitrogens with two attached hydrogens (primary N) is 1. The predicted molar refractivity (Wildman–Crippen MR) is 37.5 cm³/mol. The molecular formula is C5H7N3OS. The maximum absolute atomic E-state index is 5.86. The Morgan fingerprint density at radius 1 is 1.70 bits per heavy atom. The zero-order valence-electron chi connectivity index (χ0n) is 5.28. The lowest BCUT2D eigenvalue weighted by atomic mass is 10.1. The molecule has 1 aromatic heterocycles. The van der Waals surface area contributed by atoms with Gasteiger partial charge in [-0.1, -0.05) is 5.16 Å². The Labute approximate surface area is 62.2 Å². The molecule has 0 unspecified atom stereocenters. The van der Waals surface area contributed by atoms with Gasteiger partial charge >= 0.3 is 0 Å². The van der Waals surface area contributed by atoms with E-state index in [4.69, 9.17) is 5.73 Å². The first kappa shape index (κ1) is 6.18. The van der Waals surface area contributed by atoms with Crippen LogP contribution in [0, 0.1) is 0 Å². The third-order valence-corrected chi connectivity index (χ3v) is 2.96. The molecule has 4 nitrogen and oxygen atoms in total. The first-order valence-corrected chi connectivity index (χ1v) is 4.10. The van der Waals surface area contributed by atoms with Gasteiger partial charge in [-0.3, -0.25) is 0 Å². The molecule has 2 N–H and O–H groups in total. The summed E-state index contributed by atoms with van der Waals surface area (Å²) in [5.74, 6) is 2.42. The number of aromatic nitrogens is 2. The summed E-state index contributed by atoms with van der Waals surface area (Å²) in [5.41, 5.74) is 5.55. The highest BCUT2D eigenvalue weighted by Crippen LogP contribution is 2.33. The fraction of sp³-hybridized carbons (Fsp3) is 0.600. The summed E-state index contributed by atoms with van der Waals surface area (Å²) < 4.78 is 4.59. The van der Waals surface area contributed by atoms with E-state index in [-0.39, 0.29) is 5.54 Å². The first-order valence-electron chi connectivity index (χ1n) is 2.95. The van der Waals surface area contributed by atoms with Gasteiger partial charge in [-0.25, -0.2) is 0 Å². The minimum absolute atomic E-state index is 0.308. The van der Waals surface area contributed by atoms with E-state index < -0.39 is 0 Å². The number of nitrogens with zero attached hydrogens (tertiary/aromatic N) is 2. The average molecular weight is 157 g/mol. The second-order valence-corrected chi connectivity index (χ2v) is 3.39. The lowest BCUT2D eigenvalue weighted by Crippen LogP contribution is -2.49. The highest BCUT2D eigenvalue weighted by molar-refractivity contribution is 8.00. The predicted octanol–water partition coefficient (Wildman–Crippen LogP) is -0.0296. The van der Waals surface area contributed by atoms with Gasteiger partial charge in [0.2, 0.25) is 6.39 Å². The van der Waals surface area contributed by atoms with Gasteiger partial charge < -0.3 is 10.3 Å². The molecule has 1 aliphatic heterocycles. The van der Waals surface area contributed by atoms with Crippen molar-refractivity contribution in [3.63, 3.8) is 0 Å². The quantitative estimate of drug-likeness (QED) is 0.620. The standard InChI is InChI=1S/C5H7N3OS/c6-5(1-10-2-5)4-7-3-9-8-4/h3H,1-2,6H2. The zero-order valence-corrected chi connectivity index (χ0v) is 6.10. The highest BCUT2D eigenvalue weighted by atomic mass is 32.2. The van der Waals surface area contributed by atoms with Crippen molar-refractivity contribution in [3.05, 3.63) is 12.2 Å². The van der Waals surface area contributed by atoms with Crippen LogP contribution in [0.3, 0.4) is 0 Å². The summed E-state index contributed by atoms with van der Waals surface area (Å²) in [7, 11) is 0. The summed E-state index contributed by atoms with van der Waals surface area (Å²) >= 11 is 1.80. The lowest BCUT2D eigenvalue weighted by molar-refractivity contribution is 0.387. The van der Waals surface area contributed by atoms with E-state index >= 15 is 0 Å². The molecule has 0 aliphatic carbocycles. The van der Waals surface area contributed by atoms with Crippen molar-refractivity contribution in [1.82, 2.24) is 10.1 Å². The smallest absolute Gasteiger partial charge is 0.213 e. The average Bonchev–Trinajstić information content (AvgIpc) is 2.33. The van der Waals surface area contributed by atoms with E-state index in [1.807, 2.05) is 0 Å². The van der Waals surface area contributed by atoms with Gasteiger partial charge in [0.15, 0.2) is 5.82 Å². The molecule has 2 rings (SSSR count). The van der Waals surface area contributed by atoms with Crippen LogP contribution in [0.4, 0.5) is 0 Å². The van der Waals surface area contributed by atoms with Gasteiger partial charge in [0.25, 0.3) is 0 Å². The summed E-state index contributed by atoms with van der Waals surface area (Å²) in [6, 6.07) is 0. The molecule has 1 fully saturated rings. The molecule has 0 radical (unpaired) electrons. The third-order valence-electron chi connectivity index (χ3n) is 1.53. The van der Waals surface area contributed by atoms with Crippen LogP contribution in [0.5, 0.6) is 0 Å². The van der Waals surface area contributed by atoms with Crippen LogP contribution in [0.1, 0.15) is 5.82 Å². The Bertz CT molecular complexity index is 219. The summed E-state index contributed by atoms with van der Waals surface area (Å²) in [4.78, 5) is 3.89. The van der Waals surface area contributed by atoms with Crippen molar-refractivity contribution in [1.29, 1.82) is 0 Å². The highest BCUT2D eigenvalue weighted by Gasteiger charge is 2.39. The van der Waals surface area contributed by atoms with E-state index in [1.165, 1.54) is 6.39 Å². The largest absolute Gasteiger partial charge is 0.343 e. The monoisotopic (exact) mass is 157 g/mol. The fourth-order valence-electron chi connectivity index (χ4n) is 0.841. The van der Waals surface area contributed by atoms with Crippen LogP contribution >= 0.6 is 11.8 Å². The number of hydrogen-bond donors (Lipinski definition) is 1. The number of rotatable bonds is 1. The van der Waals surface area contributed by atoms with Crippen LogP contribution in [-0.2, 0) is 5.54 Å². The van der Waals surface area contributed by atoms with E-state index in [0.29, 0.717) is 5.82 Å². The normalized spacial score (nSPS) is 22.1. The topological polar surface area (TPSA) is 64.9 Å². The van der Waals surface area contributed by atoms with Crippen molar-refractivity contribution >= 4 is 11.8 Å². The third kappa shape index (κ3) is 0.741. The molecule has 10 heavy (non-hydrogen) atoms. The minimum Gasteiger partial charge on any atom is -0.343 e. The van der Waals surface area contributed by atoms with Crippen LogP contribution in [0.2, 0.25) is 0 Å². The molecule has 2 heterocycles. The van der Waals surface area contributed by atoms with Gasteiger partial charge in [-0.15, -0.1) is 0 Å². The summed E-state index contributed by atoms with van der Waals surface area (Å²) in [6.45, 7) is 0. The van der Waals surface area contributed by atoms with Crippen molar-refractivity contribution in [2.75, 3.05) is 11.5 Å². The van der Waals surface area contributed by atoms with Crippen molar-refractivity contribution in [2.45, 2.75) is 5.54 Å². The molecule has 0 amide bonds. The number of hydrogen-bond acceptors (Lipinski definition) is 5. The fourth-order valence-corrected chi connectivity index (χ4v) is 1.74. The maximum Gasteiger partial charge on any atom is 0.213 e. The van der Waals surface area contributed by atoms with Gasteiger partial charge in [-0.05, 0) is 0 Å². The van der Waals surface area contributed by atoms with Crippen molar-refractivity contribution in [3.8, 4) is 0 Å². The Morgan fingerprint density at radius 2 is 2.50 bits per heavy atom. The Balaban J connectivity index is 2.27. The van der Waals surface area contributed by atoms with Crippen LogP contribution in [0.25, 0.3) is 0 Å².